The number of esters is 1. The van der Waals surface area contributed by atoms with Crippen molar-refractivity contribution in [1.82, 2.24) is 0 Å². The van der Waals surface area contributed by atoms with Gasteiger partial charge in [-0.1, -0.05) is 18.7 Å². The molecule has 0 heterocycles. The average Bonchev–Trinajstić information content (AvgIpc) is 2.49. The summed E-state index contributed by atoms with van der Waals surface area (Å²) in [5.41, 5.74) is -0.143. The van der Waals surface area contributed by atoms with Gasteiger partial charge in [0, 0.05) is 5.57 Å². The molecule has 7 nitrogen and oxygen atoms in total. The number of benzene rings is 1. The van der Waals surface area contributed by atoms with Crippen LogP contribution in [0.1, 0.15) is 27.6 Å². The van der Waals surface area contributed by atoms with Crippen LogP contribution in [0.5, 0.6) is 0 Å². The van der Waals surface area contributed by atoms with E-state index in [0.29, 0.717) is 0 Å². The Hall–Kier alpha value is -2.67. The van der Waals surface area contributed by atoms with Crippen LogP contribution in [0.15, 0.2) is 36.4 Å². The largest absolute Gasteiger partial charge is 0.460 e. The molecule has 1 aromatic rings. The van der Waals surface area contributed by atoms with Gasteiger partial charge < -0.3 is 9.84 Å². The van der Waals surface area contributed by atoms with Crippen molar-refractivity contribution >= 4 is 17.9 Å². The summed E-state index contributed by atoms with van der Waals surface area (Å²) in [7, 11) is 0. The van der Waals surface area contributed by atoms with Gasteiger partial charge in [-0.15, -0.1) is 0 Å². The maximum Gasteiger partial charge on any atom is 0.387 e. The second-order valence-corrected chi connectivity index (χ2v) is 3.93. The Balaban J connectivity index is 2.82. The zero-order valence-electron chi connectivity index (χ0n) is 11.3. The number of ether oxygens (including phenoxy) is 1. The number of carbonyl (C=O) groups excluding carboxylic acids is 3. The van der Waals surface area contributed by atoms with Crippen molar-refractivity contribution in [2.75, 3.05) is 13.2 Å². The second kappa shape index (κ2) is 7.81. The molecule has 0 saturated heterocycles. The minimum absolute atomic E-state index is 0.0541. The van der Waals surface area contributed by atoms with Gasteiger partial charge in [-0.05, 0) is 19.1 Å². The van der Waals surface area contributed by atoms with Gasteiger partial charge in [-0.2, -0.15) is 0 Å². The van der Waals surface area contributed by atoms with E-state index in [1.165, 1.54) is 31.2 Å². The van der Waals surface area contributed by atoms with Gasteiger partial charge in [0.1, 0.15) is 6.61 Å². The van der Waals surface area contributed by atoms with Crippen molar-refractivity contribution in [2.24, 2.45) is 0 Å². The van der Waals surface area contributed by atoms with Crippen molar-refractivity contribution in [1.29, 1.82) is 0 Å². The molecule has 0 unspecified atom stereocenters. The molecule has 0 saturated carbocycles. The van der Waals surface area contributed by atoms with Crippen molar-refractivity contribution in [2.45, 2.75) is 6.92 Å². The predicted molar refractivity (Wildman–Crippen MR) is 70.1 cm³/mol. The third-order valence-electron chi connectivity index (χ3n) is 2.23. The van der Waals surface area contributed by atoms with E-state index in [1.807, 2.05) is 0 Å². The first kappa shape index (κ1) is 16.4. The fourth-order valence-corrected chi connectivity index (χ4v) is 1.25. The van der Waals surface area contributed by atoms with E-state index in [0.717, 1.165) is 0 Å². The molecule has 21 heavy (non-hydrogen) atoms. The first-order valence-electron chi connectivity index (χ1n) is 5.93. The van der Waals surface area contributed by atoms with E-state index in [-0.39, 0.29) is 29.9 Å². The van der Waals surface area contributed by atoms with Crippen LogP contribution < -0.4 is 0 Å². The van der Waals surface area contributed by atoms with E-state index in [9.17, 15) is 14.4 Å². The predicted octanol–water partition coefficient (Wildman–Crippen LogP) is 1.03. The summed E-state index contributed by atoms with van der Waals surface area (Å²) in [4.78, 5) is 43.2. The number of carbonyl (C=O) groups is 3. The molecule has 0 spiro atoms. The molecule has 7 heteroatoms. The lowest BCUT2D eigenvalue weighted by Gasteiger charge is -2.08. The maximum absolute atomic E-state index is 11.8. The Kier molecular flexibility index (Phi) is 6.09. The molecule has 0 amide bonds. The molecular formula is C14H14O7. The summed E-state index contributed by atoms with van der Waals surface area (Å²) in [6.07, 6.45) is 0. The third kappa shape index (κ3) is 4.73. The number of hydrogen-bond donors (Lipinski definition) is 1. The Morgan fingerprint density at radius 2 is 1.67 bits per heavy atom. The summed E-state index contributed by atoms with van der Waals surface area (Å²) in [6, 6.07) is 5.68. The van der Waals surface area contributed by atoms with Crippen molar-refractivity contribution in [3.63, 3.8) is 0 Å². The van der Waals surface area contributed by atoms with Gasteiger partial charge >= 0.3 is 17.9 Å². The van der Waals surface area contributed by atoms with Gasteiger partial charge in [0.15, 0.2) is 0 Å². The van der Waals surface area contributed by atoms with E-state index < -0.39 is 17.9 Å². The van der Waals surface area contributed by atoms with Gasteiger partial charge in [-0.25, -0.2) is 24.2 Å². The minimum Gasteiger partial charge on any atom is -0.460 e. The third-order valence-corrected chi connectivity index (χ3v) is 2.23. The van der Waals surface area contributed by atoms with Gasteiger partial charge in [0.25, 0.3) is 0 Å². The summed E-state index contributed by atoms with van der Waals surface area (Å²) < 4.78 is 4.71. The Morgan fingerprint density at radius 1 is 1.10 bits per heavy atom. The average molecular weight is 294 g/mol. The molecule has 0 bridgehead atoms. The Morgan fingerprint density at radius 3 is 2.19 bits per heavy atom. The van der Waals surface area contributed by atoms with Gasteiger partial charge in [0.2, 0.25) is 0 Å². The molecular weight excluding hydrogens is 280 g/mol. The van der Waals surface area contributed by atoms with Crippen LogP contribution in [-0.4, -0.2) is 36.2 Å². The summed E-state index contributed by atoms with van der Waals surface area (Å²) in [6.45, 7) is 4.17. The quantitative estimate of drug-likeness (QED) is 0.374. The van der Waals surface area contributed by atoms with Gasteiger partial charge in [-0.3, -0.25) is 0 Å². The number of hydrogen-bond acceptors (Lipinski definition) is 7. The molecule has 1 aromatic carbocycles. The zero-order chi connectivity index (χ0) is 15.8. The van der Waals surface area contributed by atoms with Crippen LogP contribution in [-0.2, 0) is 19.3 Å². The fraction of sp³-hybridized carbons (Fsp3) is 0.214. The highest BCUT2D eigenvalue weighted by atomic mass is 17.2. The highest BCUT2D eigenvalue weighted by Gasteiger charge is 2.21. The second-order valence-electron chi connectivity index (χ2n) is 3.93. The standard InChI is InChI=1S/C14H14O7/c1-9(2)12(16)20-21-14(18)11-6-4-3-5-10(11)13(17)19-8-7-15/h3-6,15H,1,7-8H2,2H3. The van der Waals surface area contributed by atoms with Crippen LogP contribution >= 0.6 is 0 Å². The molecule has 0 aliphatic heterocycles. The zero-order valence-corrected chi connectivity index (χ0v) is 11.3. The van der Waals surface area contributed by atoms with Crippen LogP contribution in [0.3, 0.4) is 0 Å². The molecule has 0 aliphatic rings. The first-order valence-corrected chi connectivity index (χ1v) is 5.93. The maximum atomic E-state index is 11.8. The van der Waals surface area contributed by atoms with Gasteiger partial charge in [0.05, 0.1) is 17.7 Å². The van der Waals surface area contributed by atoms with Crippen LogP contribution in [0.2, 0.25) is 0 Å². The van der Waals surface area contributed by atoms with E-state index in [1.54, 1.807) is 0 Å². The SMILES string of the molecule is C=C(C)C(=O)OOC(=O)c1ccccc1C(=O)OCCO. The van der Waals surface area contributed by atoms with E-state index in [2.05, 4.69) is 16.4 Å². The minimum atomic E-state index is -1.03. The van der Waals surface area contributed by atoms with Crippen LogP contribution in [0.4, 0.5) is 0 Å². The van der Waals surface area contributed by atoms with Crippen molar-refractivity contribution < 1.29 is 34.0 Å². The molecule has 0 aliphatic carbocycles. The smallest absolute Gasteiger partial charge is 0.387 e. The molecule has 1 N–H and O–H groups in total. The Labute approximate surface area is 120 Å². The lowest BCUT2D eigenvalue weighted by molar-refractivity contribution is -0.229. The van der Waals surface area contributed by atoms with Crippen LogP contribution in [0, 0.1) is 0 Å². The molecule has 0 radical (unpaired) electrons. The summed E-state index contributed by atoms with van der Waals surface area (Å²) in [5.74, 6) is -2.73. The number of aliphatic hydroxyl groups excluding tert-OH is 1. The fourth-order valence-electron chi connectivity index (χ4n) is 1.25. The van der Waals surface area contributed by atoms with E-state index >= 15 is 0 Å². The van der Waals surface area contributed by atoms with Crippen LogP contribution in [0.25, 0.3) is 0 Å². The summed E-state index contributed by atoms with van der Waals surface area (Å²) >= 11 is 0. The lowest BCUT2D eigenvalue weighted by Crippen LogP contribution is -2.17. The van der Waals surface area contributed by atoms with Crippen molar-refractivity contribution in [3.8, 4) is 0 Å². The topological polar surface area (TPSA) is 99.1 Å². The Bertz CT molecular complexity index is 562. The molecule has 0 aromatic heterocycles. The van der Waals surface area contributed by atoms with Crippen molar-refractivity contribution in [3.05, 3.63) is 47.5 Å². The molecule has 0 fully saturated rings. The molecule has 112 valence electrons. The van der Waals surface area contributed by atoms with E-state index in [4.69, 9.17) is 9.84 Å². The monoisotopic (exact) mass is 294 g/mol. The number of aliphatic hydroxyl groups is 1. The highest BCUT2D eigenvalue weighted by Crippen LogP contribution is 2.12. The summed E-state index contributed by atoms with van der Waals surface area (Å²) in [5, 5.41) is 8.60. The number of rotatable bonds is 5. The normalized spacial score (nSPS) is 9.62. The molecule has 0 atom stereocenters. The first-order chi connectivity index (χ1) is 9.97. The molecule has 1 rings (SSSR count). The lowest BCUT2D eigenvalue weighted by atomic mass is 10.1. The highest BCUT2D eigenvalue weighted by molar-refractivity contribution is 6.03.